The summed E-state index contributed by atoms with van der Waals surface area (Å²) in [4.78, 5) is 15.6. The van der Waals surface area contributed by atoms with E-state index in [-0.39, 0.29) is 6.61 Å². The highest BCUT2D eigenvalue weighted by Gasteiger charge is 2.35. The van der Waals surface area contributed by atoms with E-state index in [2.05, 4.69) is 25.1 Å². The van der Waals surface area contributed by atoms with Crippen molar-refractivity contribution in [2.24, 2.45) is 5.73 Å². The Hall–Kier alpha value is -3.08. The third-order valence-corrected chi connectivity index (χ3v) is 7.20. The van der Waals surface area contributed by atoms with Crippen molar-refractivity contribution >= 4 is 39.5 Å². The van der Waals surface area contributed by atoms with Crippen LogP contribution in [-0.2, 0) is 6.61 Å². The fourth-order valence-electron chi connectivity index (χ4n) is 4.85. The molecule has 35 heavy (non-hydrogen) atoms. The van der Waals surface area contributed by atoms with E-state index in [1.807, 2.05) is 25.1 Å². The first-order valence-electron chi connectivity index (χ1n) is 11.5. The molecule has 1 aliphatic carbocycles. The number of nitrogens with zero attached hydrogens (tertiary/aromatic N) is 5. The predicted molar refractivity (Wildman–Crippen MR) is 134 cm³/mol. The Morgan fingerprint density at radius 2 is 2.09 bits per heavy atom. The van der Waals surface area contributed by atoms with Gasteiger partial charge in [-0.25, -0.2) is 19.3 Å². The number of H-pyrrole nitrogens is 1. The van der Waals surface area contributed by atoms with E-state index >= 15 is 0 Å². The Balaban J connectivity index is 1.60. The van der Waals surface area contributed by atoms with Crippen LogP contribution in [0.3, 0.4) is 0 Å². The van der Waals surface area contributed by atoms with Gasteiger partial charge in [-0.15, -0.1) is 0 Å². The molecule has 1 fully saturated rings. The first-order chi connectivity index (χ1) is 16.8. The van der Waals surface area contributed by atoms with Crippen molar-refractivity contribution in [2.45, 2.75) is 51.0 Å². The van der Waals surface area contributed by atoms with Crippen LogP contribution >= 0.6 is 11.6 Å². The van der Waals surface area contributed by atoms with E-state index in [1.165, 1.54) is 0 Å². The van der Waals surface area contributed by atoms with E-state index in [0.717, 1.165) is 23.0 Å². The molecule has 3 heterocycles. The number of ether oxygens (including phenoxy) is 1. The highest BCUT2D eigenvalue weighted by molar-refractivity contribution is 6.38. The van der Waals surface area contributed by atoms with Crippen LogP contribution in [0.5, 0.6) is 5.75 Å². The van der Waals surface area contributed by atoms with Gasteiger partial charge in [0.05, 0.1) is 36.0 Å². The molecule has 0 saturated heterocycles. The number of aliphatic hydroxyl groups is 1. The zero-order valence-electron chi connectivity index (χ0n) is 19.7. The van der Waals surface area contributed by atoms with E-state index < -0.39 is 18.3 Å². The molecular formula is C24H27ClFN7O2. The number of fused-ring (bicyclic) bond motifs is 2. The van der Waals surface area contributed by atoms with Crippen molar-refractivity contribution in [3.05, 3.63) is 34.6 Å². The maximum atomic E-state index is 14.9. The molecule has 9 nitrogen and oxygen atoms in total. The van der Waals surface area contributed by atoms with Crippen LogP contribution < -0.4 is 15.4 Å². The third-order valence-electron chi connectivity index (χ3n) is 6.79. The number of benzene rings is 1. The van der Waals surface area contributed by atoms with Crippen LogP contribution in [0.25, 0.3) is 33.3 Å². The number of aromatic nitrogens is 5. The summed E-state index contributed by atoms with van der Waals surface area (Å²) in [5.74, 6) is 1.03. The molecule has 5 rings (SSSR count). The summed E-state index contributed by atoms with van der Waals surface area (Å²) in [5.41, 5.74) is 9.78. The number of aromatic amines is 1. The van der Waals surface area contributed by atoms with E-state index in [0.29, 0.717) is 57.5 Å². The summed E-state index contributed by atoms with van der Waals surface area (Å²) in [5, 5.41) is 18.6. The van der Waals surface area contributed by atoms with Crippen molar-refractivity contribution in [2.75, 3.05) is 19.1 Å². The van der Waals surface area contributed by atoms with Gasteiger partial charge in [-0.1, -0.05) is 11.6 Å². The van der Waals surface area contributed by atoms with E-state index in [9.17, 15) is 9.50 Å². The predicted octanol–water partition coefficient (Wildman–Crippen LogP) is 3.68. The Morgan fingerprint density at radius 1 is 1.29 bits per heavy atom. The number of aliphatic hydroxyl groups excluding tert-OH is 1. The number of pyridine rings is 1. The number of nitrogens with one attached hydrogen (secondary N) is 1. The number of hydrogen-bond acceptors (Lipinski definition) is 8. The van der Waals surface area contributed by atoms with Gasteiger partial charge >= 0.3 is 0 Å². The van der Waals surface area contributed by atoms with Gasteiger partial charge in [-0.2, -0.15) is 5.10 Å². The van der Waals surface area contributed by atoms with Crippen LogP contribution in [0, 0.1) is 6.92 Å². The zero-order chi connectivity index (χ0) is 24.9. The fraction of sp³-hybridized carbons (Fsp3) is 0.417. The zero-order valence-corrected chi connectivity index (χ0v) is 20.5. The number of alkyl halides is 1. The highest BCUT2D eigenvalue weighted by atomic mass is 35.5. The first-order valence-corrected chi connectivity index (χ1v) is 11.8. The van der Waals surface area contributed by atoms with Gasteiger partial charge in [-0.05, 0) is 44.4 Å². The van der Waals surface area contributed by atoms with Crippen molar-refractivity contribution in [3.63, 3.8) is 0 Å². The Labute approximate surface area is 206 Å². The largest absolute Gasteiger partial charge is 0.495 e. The number of halogens is 2. The number of nitrogens with two attached hydrogens (primary N) is 1. The van der Waals surface area contributed by atoms with Crippen LogP contribution in [0.1, 0.15) is 30.7 Å². The average Bonchev–Trinajstić information content (AvgIpc) is 3.27. The van der Waals surface area contributed by atoms with Crippen LogP contribution in [0.15, 0.2) is 18.2 Å². The maximum Gasteiger partial charge on any atom is 0.177 e. The quantitative estimate of drug-likeness (QED) is 0.379. The molecule has 0 unspecified atom stereocenters. The topological polar surface area (TPSA) is 126 Å². The normalized spacial score (nSPS) is 20.5. The second-order valence-corrected chi connectivity index (χ2v) is 9.29. The SMILES string of the molecule is COc1cc2c(Cl)c(-c3n[nH]c4nc(N(C)[C@@H]5CCC[C@H](N)[C@@H]5F)c(CO)nc34)ccc2nc1C. The van der Waals surface area contributed by atoms with Gasteiger partial charge in [0.1, 0.15) is 28.8 Å². The molecule has 184 valence electrons. The second kappa shape index (κ2) is 9.18. The summed E-state index contributed by atoms with van der Waals surface area (Å²) in [6.45, 7) is 1.50. The maximum absolute atomic E-state index is 14.9. The van der Waals surface area contributed by atoms with Crippen LogP contribution in [0.2, 0.25) is 5.02 Å². The average molecular weight is 500 g/mol. The lowest BCUT2D eigenvalue weighted by Crippen LogP contribution is -2.51. The molecule has 0 aliphatic heterocycles. The van der Waals surface area contributed by atoms with Gasteiger partial charge in [-0.3, -0.25) is 5.10 Å². The first kappa shape index (κ1) is 23.7. The minimum Gasteiger partial charge on any atom is -0.495 e. The molecule has 4 aromatic rings. The summed E-state index contributed by atoms with van der Waals surface area (Å²) in [7, 11) is 3.34. The molecule has 0 bridgehead atoms. The fourth-order valence-corrected chi connectivity index (χ4v) is 5.16. The molecule has 3 atom stereocenters. The summed E-state index contributed by atoms with van der Waals surface area (Å²) in [6.07, 6.45) is 0.934. The third kappa shape index (κ3) is 3.95. The minimum absolute atomic E-state index is 0.324. The van der Waals surface area contributed by atoms with Crippen molar-refractivity contribution in [3.8, 4) is 17.0 Å². The van der Waals surface area contributed by atoms with Crippen molar-refractivity contribution < 1.29 is 14.2 Å². The Morgan fingerprint density at radius 3 is 2.83 bits per heavy atom. The lowest BCUT2D eigenvalue weighted by Gasteiger charge is -2.38. The lowest BCUT2D eigenvalue weighted by atomic mass is 9.89. The monoisotopic (exact) mass is 499 g/mol. The minimum atomic E-state index is -1.19. The van der Waals surface area contributed by atoms with Gasteiger partial charge in [0, 0.05) is 24.0 Å². The van der Waals surface area contributed by atoms with Gasteiger partial charge in [0.25, 0.3) is 0 Å². The number of methoxy groups -OCH3 is 1. The van der Waals surface area contributed by atoms with Crippen molar-refractivity contribution in [1.82, 2.24) is 25.1 Å². The van der Waals surface area contributed by atoms with Crippen LogP contribution in [0.4, 0.5) is 10.2 Å². The highest BCUT2D eigenvalue weighted by Crippen LogP contribution is 2.38. The molecule has 1 saturated carbocycles. The molecule has 0 amide bonds. The Bertz CT molecular complexity index is 1410. The lowest BCUT2D eigenvalue weighted by molar-refractivity contribution is 0.184. The molecular weight excluding hydrogens is 473 g/mol. The second-order valence-electron chi connectivity index (χ2n) is 8.91. The standard InChI is InChI=1S/C24H27ClFN7O2/c1-11-18(35-3)9-13-15(28-11)8-7-12(19(13)25)21-22-23(32-31-21)30-24(16(10-34)29-22)33(2)17-6-4-5-14(27)20(17)26/h7-9,14,17,20,34H,4-6,10,27H2,1-3H3,(H,30,31,32)/t14-,17+,20-/m0/s1. The molecule has 4 N–H and O–H groups in total. The number of hydrogen-bond donors (Lipinski definition) is 3. The Kier molecular flexibility index (Phi) is 6.20. The molecule has 1 aromatic carbocycles. The smallest absolute Gasteiger partial charge is 0.177 e. The van der Waals surface area contributed by atoms with Gasteiger partial charge in [0.15, 0.2) is 11.5 Å². The van der Waals surface area contributed by atoms with Crippen LogP contribution in [-0.4, -0.2) is 62.7 Å². The number of anilines is 1. The number of rotatable bonds is 5. The van der Waals surface area contributed by atoms with Gasteiger partial charge < -0.3 is 20.5 Å². The molecule has 3 aromatic heterocycles. The molecule has 1 aliphatic rings. The number of aryl methyl sites for hydroxylation is 1. The van der Waals surface area contributed by atoms with E-state index in [4.69, 9.17) is 22.1 Å². The van der Waals surface area contributed by atoms with Gasteiger partial charge in [0.2, 0.25) is 0 Å². The molecule has 0 radical (unpaired) electrons. The summed E-state index contributed by atoms with van der Waals surface area (Å²) in [6, 6.07) is 4.57. The molecule has 0 spiro atoms. The summed E-state index contributed by atoms with van der Waals surface area (Å²) < 4.78 is 20.3. The van der Waals surface area contributed by atoms with Crippen molar-refractivity contribution in [1.29, 1.82) is 0 Å². The van der Waals surface area contributed by atoms with E-state index in [1.54, 1.807) is 19.1 Å². The molecule has 11 heteroatoms. The summed E-state index contributed by atoms with van der Waals surface area (Å²) >= 11 is 6.79.